The van der Waals surface area contributed by atoms with E-state index in [2.05, 4.69) is 31.9 Å². The highest BCUT2D eigenvalue weighted by molar-refractivity contribution is 9.10. The van der Waals surface area contributed by atoms with E-state index in [9.17, 15) is 4.39 Å². The number of nitriles is 1. The monoisotopic (exact) mass is 399 g/mol. The van der Waals surface area contributed by atoms with Gasteiger partial charge >= 0.3 is 0 Å². The summed E-state index contributed by atoms with van der Waals surface area (Å²) >= 11 is 6.36. The molecule has 0 unspecified atom stereocenters. The minimum atomic E-state index is -0.619. The van der Waals surface area contributed by atoms with Crippen LogP contribution in [0.4, 0.5) is 4.39 Å². The maximum Gasteiger partial charge on any atom is 0.181 e. The van der Waals surface area contributed by atoms with Gasteiger partial charge in [-0.05, 0) is 62.2 Å². The quantitative estimate of drug-likeness (QED) is 0.726. The zero-order valence-corrected chi connectivity index (χ0v) is 13.5. The third kappa shape index (κ3) is 2.94. The summed E-state index contributed by atoms with van der Waals surface area (Å²) in [5.74, 6) is 0.514. The van der Waals surface area contributed by atoms with Gasteiger partial charge < -0.3 is 9.47 Å². The van der Waals surface area contributed by atoms with Gasteiger partial charge in [-0.15, -0.1) is 0 Å². The first kappa shape index (κ1) is 14.8. The zero-order chi connectivity index (χ0) is 14.7. The smallest absolute Gasteiger partial charge is 0.181 e. The summed E-state index contributed by atoms with van der Waals surface area (Å²) in [6.45, 7) is 0. The van der Waals surface area contributed by atoms with Crippen LogP contribution in [0.15, 0.2) is 39.3 Å². The van der Waals surface area contributed by atoms with Gasteiger partial charge in [-0.25, -0.2) is 4.39 Å². The molecule has 0 spiro atoms. The molecule has 0 aliphatic rings. The predicted molar refractivity (Wildman–Crippen MR) is 79.6 cm³/mol. The number of hydrogen-bond donors (Lipinski definition) is 0. The summed E-state index contributed by atoms with van der Waals surface area (Å²) in [7, 11) is 1.56. The molecule has 0 atom stereocenters. The lowest BCUT2D eigenvalue weighted by Gasteiger charge is -2.11. The van der Waals surface area contributed by atoms with Crippen LogP contribution in [-0.2, 0) is 0 Å². The lowest BCUT2D eigenvalue weighted by molar-refractivity contribution is 0.410. The third-order valence-corrected chi connectivity index (χ3v) is 3.92. The molecule has 0 saturated carbocycles. The molecular formula is C14H8Br2FNO2. The van der Waals surface area contributed by atoms with Gasteiger partial charge in [0.2, 0.25) is 0 Å². The Morgan fingerprint density at radius 2 is 1.85 bits per heavy atom. The van der Waals surface area contributed by atoms with Crippen LogP contribution in [0.5, 0.6) is 17.2 Å². The molecule has 0 aliphatic carbocycles. The summed E-state index contributed by atoms with van der Waals surface area (Å²) < 4.78 is 25.3. The molecule has 3 nitrogen and oxygen atoms in total. The van der Waals surface area contributed by atoms with E-state index in [1.807, 2.05) is 6.07 Å². The lowest BCUT2D eigenvalue weighted by atomic mass is 10.2. The fraction of sp³-hybridized carbons (Fsp3) is 0.0714. The Hall–Kier alpha value is -1.58. The molecule has 2 aromatic rings. The fourth-order valence-electron chi connectivity index (χ4n) is 1.51. The number of hydrogen-bond acceptors (Lipinski definition) is 3. The summed E-state index contributed by atoms with van der Waals surface area (Å²) in [5.41, 5.74) is 0.212. The van der Waals surface area contributed by atoms with Crippen molar-refractivity contribution in [3.8, 4) is 23.3 Å². The van der Waals surface area contributed by atoms with E-state index >= 15 is 0 Å². The van der Waals surface area contributed by atoms with Crippen LogP contribution in [0, 0.1) is 17.1 Å². The van der Waals surface area contributed by atoms with Gasteiger partial charge in [0.25, 0.3) is 0 Å². The van der Waals surface area contributed by atoms with E-state index in [1.165, 1.54) is 12.1 Å². The van der Waals surface area contributed by atoms with Crippen LogP contribution in [-0.4, -0.2) is 7.11 Å². The first-order chi connectivity index (χ1) is 9.56. The normalized spacial score (nSPS) is 9.95. The Morgan fingerprint density at radius 1 is 1.15 bits per heavy atom. The van der Waals surface area contributed by atoms with Crippen molar-refractivity contribution in [3.63, 3.8) is 0 Å². The van der Waals surface area contributed by atoms with Crippen LogP contribution in [0.2, 0.25) is 0 Å². The number of benzene rings is 2. The molecule has 0 amide bonds. The first-order valence-corrected chi connectivity index (χ1v) is 7.05. The second kappa shape index (κ2) is 6.25. The van der Waals surface area contributed by atoms with E-state index in [4.69, 9.17) is 14.7 Å². The molecule has 6 heteroatoms. The number of ether oxygens (including phenoxy) is 2. The van der Waals surface area contributed by atoms with Crippen molar-refractivity contribution in [2.24, 2.45) is 0 Å². The highest BCUT2D eigenvalue weighted by atomic mass is 79.9. The van der Waals surface area contributed by atoms with Crippen molar-refractivity contribution in [2.45, 2.75) is 0 Å². The van der Waals surface area contributed by atoms with E-state index in [0.29, 0.717) is 16.0 Å². The Morgan fingerprint density at radius 3 is 2.45 bits per heavy atom. The van der Waals surface area contributed by atoms with Gasteiger partial charge in [-0.3, -0.25) is 0 Å². The second-order valence-corrected chi connectivity index (χ2v) is 5.40. The van der Waals surface area contributed by atoms with E-state index in [-0.39, 0.29) is 15.8 Å². The molecule has 0 bridgehead atoms. The van der Waals surface area contributed by atoms with Crippen molar-refractivity contribution in [2.75, 3.05) is 7.11 Å². The van der Waals surface area contributed by atoms with Gasteiger partial charge in [-0.2, -0.15) is 5.26 Å². The van der Waals surface area contributed by atoms with Gasteiger partial charge in [0.15, 0.2) is 11.6 Å². The molecule has 0 fully saturated rings. The Kier molecular flexibility index (Phi) is 4.63. The lowest BCUT2D eigenvalue weighted by Crippen LogP contribution is -1.93. The van der Waals surface area contributed by atoms with Crippen LogP contribution < -0.4 is 9.47 Å². The van der Waals surface area contributed by atoms with E-state index < -0.39 is 5.82 Å². The highest BCUT2D eigenvalue weighted by Crippen LogP contribution is 2.36. The predicted octanol–water partition coefficient (Wildman–Crippen LogP) is 5.02. The van der Waals surface area contributed by atoms with Crippen molar-refractivity contribution in [1.82, 2.24) is 0 Å². The average Bonchev–Trinajstić information content (AvgIpc) is 2.46. The van der Waals surface area contributed by atoms with Gasteiger partial charge in [-0.1, -0.05) is 0 Å². The summed E-state index contributed by atoms with van der Waals surface area (Å²) in [5, 5.41) is 8.82. The molecule has 0 saturated heterocycles. The van der Waals surface area contributed by atoms with E-state index in [1.54, 1.807) is 25.3 Å². The summed E-state index contributed by atoms with van der Waals surface area (Å²) in [4.78, 5) is 0. The topological polar surface area (TPSA) is 42.2 Å². The van der Waals surface area contributed by atoms with Gasteiger partial charge in [0.05, 0.1) is 21.6 Å². The van der Waals surface area contributed by atoms with Gasteiger partial charge in [0.1, 0.15) is 17.6 Å². The highest BCUT2D eigenvalue weighted by Gasteiger charge is 2.14. The standard InChI is InChI=1S/C14H8Br2FNO2/c1-19-9-3-5-11(10(15)6-9)20-12-4-2-8(7-18)13(16)14(12)17/h2-6H,1H3. The molecule has 20 heavy (non-hydrogen) atoms. The SMILES string of the molecule is COc1ccc(Oc2ccc(C#N)c(Br)c2F)c(Br)c1. The molecule has 2 aromatic carbocycles. The first-order valence-electron chi connectivity index (χ1n) is 5.46. The minimum absolute atomic E-state index is 0.0294. The zero-order valence-electron chi connectivity index (χ0n) is 10.3. The molecule has 0 N–H and O–H groups in total. The number of methoxy groups -OCH3 is 1. The second-order valence-electron chi connectivity index (χ2n) is 3.75. The third-order valence-electron chi connectivity index (χ3n) is 2.53. The van der Waals surface area contributed by atoms with Crippen molar-refractivity contribution < 1.29 is 13.9 Å². The van der Waals surface area contributed by atoms with Crippen molar-refractivity contribution in [1.29, 1.82) is 5.26 Å². The molecule has 0 heterocycles. The minimum Gasteiger partial charge on any atom is -0.497 e. The fourth-order valence-corrected chi connectivity index (χ4v) is 2.36. The molecule has 0 aliphatic heterocycles. The maximum atomic E-state index is 14.0. The number of nitrogens with zero attached hydrogens (tertiary/aromatic N) is 1. The average molecular weight is 401 g/mol. The molecular weight excluding hydrogens is 393 g/mol. The molecule has 102 valence electrons. The number of halogens is 3. The van der Waals surface area contributed by atoms with Crippen molar-refractivity contribution >= 4 is 31.9 Å². The van der Waals surface area contributed by atoms with Crippen LogP contribution in [0.1, 0.15) is 5.56 Å². The Bertz CT molecular complexity index is 698. The summed E-state index contributed by atoms with van der Waals surface area (Å²) in [6.07, 6.45) is 0. The molecule has 0 radical (unpaired) electrons. The molecule has 2 rings (SSSR count). The summed E-state index contributed by atoms with van der Waals surface area (Å²) in [6, 6.07) is 9.86. The van der Waals surface area contributed by atoms with E-state index in [0.717, 1.165) is 0 Å². The van der Waals surface area contributed by atoms with Crippen molar-refractivity contribution in [3.05, 3.63) is 50.7 Å². The number of rotatable bonds is 3. The molecule has 0 aromatic heterocycles. The van der Waals surface area contributed by atoms with Gasteiger partial charge in [0, 0.05) is 0 Å². The largest absolute Gasteiger partial charge is 0.497 e. The van der Waals surface area contributed by atoms with Crippen LogP contribution in [0.3, 0.4) is 0 Å². The van der Waals surface area contributed by atoms with Crippen LogP contribution >= 0.6 is 31.9 Å². The Balaban J connectivity index is 2.36. The maximum absolute atomic E-state index is 14.0. The Labute approximate surface area is 132 Å². The van der Waals surface area contributed by atoms with Crippen LogP contribution in [0.25, 0.3) is 0 Å².